The van der Waals surface area contributed by atoms with Crippen molar-refractivity contribution in [3.63, 3.8) is 0 Å². The van der Waals surface area contributed by atoms with Gasteiger partial charge in [0.15, 0.2) is 0 Å². The molecule has 3 rings (SSSR count). The fraction of sp³-hybridized carbons (Fsp3) is 0.235. The van der Waals surface area contributed by atoms with Gasteiger partial charge in [0.05, 0.1) is 12.7 Å². The molecule has 1 aromatic carbocycles. The van der Waals surface area contributed by atoms with Crippen LogP contribution in [0, 0.1) is 0 Å². The lowest BCUT2D eigenvalue weighted by Crippen LogP contribution is -1.99. The summed E-state index contributed by atoms with van der Waals surface area (Å²) in [6, 6.07) is 10.4. The zero-order chi connectivity index (χ0) is 13.1. The van der Waals surface area contributed by atoms with Crippen molar-refractivity contribution in [2.24, 2.45) is 0 Å². The Hall–Kier alpha value is -2.09. The minimum absolute atomic E-state index is 0.830. The monoisotopic (exact) mass is 250 g/mol. The van der Waals surface area contributed by atoms with Gasteiger partial charge in [-0.2, -0.15) is 5.10 Å². The van der Waals surface area contributed by atoms with Gasteiger partial charge in [-0.1, -0.05) is 48.1 Å². The molecule has 0 spiro atoms. The third-order valence-corrected chi connectivity index (χ3v) is 3.46. The van der Waals surface area contributed by atoms with Crippen LogP contribution in [0.25, 0.3) is 5.57 Å². The lowest BCUT2D eigenvalue weighted by molar-refractivity contribution is 0.687. The van der Waals surface area contributed by atoms with E-state index in [0.29, 0.717) is 0 Å². The molecule has 0 fully saturated rings. The van der Waals surface area contributed by atoms with Gasteiger partial charge in [-0.25, -0.2) is 0 Å². The van der Waals surface area contributed by atoms with Gasteiger partial charge >= 0.3 is 0 Å². The number of rotatable bonds is 3. The molecule has 0 bridgehead atoms. The zero-order valence-electron chi connectivity index (χ0n) is 11.2. The van der Waals surface area contributed by atoms with Crippen molar-refractivity contribution in [3.8, 4) is 0 Å². The smallest absolute Gasteiger partial charge is 0.0659 e. The van der Waals surface area contributed by atoms with Crippen molar-refractivity contribution < 1.29 is 0 Å². The molecule has 0 amide bonds. The molecule has 1 aromatic heterocycles. The summed E-state index contributed by atoms with van der Waals surface area (Å²) in [6.07, 6.45) is 11.0. The first-order valence-corrected chi connectivity index (χ1v) is 6.75. The SMILES string of the molecule is CC1=CC(c2cnn(Cc3ccccc3)c2)=CCC1. The van der Waals surface area contributed by atoms with Crippen LogP contribution in [0.1, 0.15) is 30.9 Å². The maximum absolute atomic E-state index is 4.46. The van der Waals surface area contributed by atoms with Crippen LogP contribution in [0.3, 0.4) is 0 Å². The Balaban J connectivity index is 1.79. The molecule has 2 nitrogen and oxygen atoms in total. The summed E-state index contributed by atoms with van der Waals surface area (Å²) >= 11 is 0. The van der Waals surface area contributed by atoms with Crippen molar-refractivity contribution in [3.05, 3.63) is 71.6 Å². The van der Waals surface area contributed by atoms with Crippen LogP contribution in [0.15, 0.2) is 60.5 Å². The Bertz CT molecular complexity index is 618. The highest BCUT2D eigenvalue weighted by Gasteiger charge is 2.07. The number of aromatic nitrogens is 2. The molecule has 0 atom stereocenters. The van der Waals surface area contributed by atoms with Gasteiger partial charge in [0, 0.05) is 11.8 Å². The second kappa shape index (κ2) is 5.27. The van der Waals surface area contributed by atoms with Crippen LogP contribution in [0.2, 0.25) is 0 Å². The van der Waals surface area contributed by atoms with E-state index in [4.69, 9.17) is 0 Å². The van der Waals surface area contributed by atoms with Gasteiger partial charge in [0.25, 0.3) is 0 Å². The highest BCUT2D eigenvalue weighted by atomic mass is 15.3. The maximum Gasteiger partial charge on any atom is 0.0659 e. The Morgan fingerprint density at radius 3 is 2.84 bits per heavy atom. The minimum Gasteiger partial charge on any atom is -0.268 e. The summed E-state index contributed by atoms with van der Waals surface area (Å²) in [5, 5.41) is 4.46. The lowest BCUT2D eigenvalue weighted by atomic mass is 9.97. The number of hydrogen-bond acceptors (Lipinski definition) is 1. The van der Waals surface area contributed by atoms with E-state index in [-0.39, 0.29) is 0 Å². The highest BCUT2D eigenvalue weighted by Crippen LogP contribution is 2.24. The van der Waals surface area contributed by atoms with Crippen molar-refractivity contribution >= 4 is 5.57 Å². The molecule has 0 unspecified atom stereocenters. The van der Waals surface area contributed by atoms with Crippen molar-refractivity contribution in [1.29, 1.82) is 0 Å². The summed E-state index contributed by atoms with van der Waals surface area (Å²) in [4.78, 5) is 0. The maximum atomic E-state index is 4.46. The van der Waals surface area contributed by atoms with Crippen LogP contribution in [0.5, 0.6) is 0 Å². The second-order valence-electron chi connectivity index (χ2n) is 5.10. The second-order valence-corrected chi connectivity index (χ2v) is 5.10. The molecule has 0 saturated heterocycles. The summed E-state index contributed by atoms with van der Waals surface area (Å²) in [7, 11) is 0. The molecule has 0 aliphatic heterocycles. The van der Waals surface area contributed by atoms with Gasteiger partial charge in [-0.15, -0.1) is 0 Å². The first kappa shape index (κ1) is 12.0. The Morgan fingerprint density at radius 1 is 1.21 bits per heavy atom. The molecule has 2 heteroatoms. The van der Waals surface area contributed by atoms with Crippen molar-refractivity contribution in [1.82, 2.24) is 9.78 Å². The Kier molecular flexibility index (Phi) is 3.32. The average Bonchev–Trinajstić information content (AvgIpc) is 2.88. The molecule has 0 N–H and O–H groups in total. The van der Waals surface area contributed by atoms with E-state index in [0.717, 1.165) is 13.0 Å². The highest BCUT2D eigenvalue weighted by molar-refractivity contribution is 5.74. The summed E-state index contributed by atoms with van der Waals surface area (Å²) in [5.41, 5.74) is 5.26. The predicted octanol–water partition coefficient (Wildman–Crippen LogP) is 4.05. The normalized spacial score (nSPS) is 15.0. The summed E-state index contributed by atoms with van der Waals surface area (Å²) in [5.74, 6) is 0. The number of allylic oxidation sites excluding steroid dienone is 4. The lowest BCUT2D eigenvalue weighted by Gasteiger charge is -2.08. The fourth-order valence-electron chi connectivity index (χ4n) is 2.42. The van der Waals surface area contributed by atoms with Crippen LogP contribution >= 0.6 is 0 Å². The Morgan fingerprint density at radius 2 is 2.05 bits per heavy atom. The number of nitrogens with zero attached hydrogens (tertiary/aromatic N) is 2. The van der Waals surface area contributed by atoms with Crippen molar-refractivity contribution in [2.75, 3.05) is 0 Å². The van der Waals surface area contributed by atoms with Crippen LogP contribution in [0.4, 0.5) is 0 Å². The third kappa shape index (κ3) is 2.84. The van der Waals surface area contributed by atoms with E-state index in [2.05, 4.69) is 54.6 Å². The molecular formula is C17H18N2. The molecular weight excluding hydrogens is 232 g/mol. The zero-order valence-corrected chi connectivity index (χ0v) is 11.2. The molecule has 1 aliphatic rings. The quantitative estimate of drug-likeness (QED) is 0.803. The average molecular weight is 250 g/mol. The van der Waals surface area contributed by atoms with E-state index < -0.39 is 0 Å². The molecule has 19 heavy (non-hydrogen) atoms. The van der Waals surface area contributed by atoms with E-state index in [1.54, 1.807) is 0 Å². The van der Waals surface area contributed by atoms with Gasteiger partial charge < -0.3 is 0 Å². The largest absolute Gasteiger partial charge is 0.268 e. The molecule has 1 aliphatic carbocycles. The number of hydrogen-bond donors (Lipinski definition) is 0. The summed E-state index contributed by atoms with van der Waals surface area (Å²) in [6.45, 7) is 3.03. The van der Waals surface area contributed by atoms with Crippen LogP contribution in [-0.2, 0) is 6.54 Å². The summed E-state index contributed by atoms with van der Waals surface area (Å²) < 4.78 is 2.00. The van der Waals surface area contributed by atoms with E-state index in [1.165, 1.54) is 28.7 Å². The van der Waals surface area contributed by atoms with Gasteiger partial charge in [0.1, 0.15) is 0 Å². The Labute approximate surface area is 114 Å². The molecule has 96 valence electrons. The van der Waals surface area contributed by atoms with Crippen molar-refractivity contribution in [2.45, 2.75) is 26.3 Å². The number of benzene rings is 1. The fourth-order valence-corrected chi connectivity index (χ4v) is 2.42. The predicted molar refractivity (Wildman–Crippen MR) is 78.7 cm³/mol. The topological polar surface area (TPSA) is 17.8 Å². The van der Waals surface area contributed by atoms with E-state index in [1.807, 2.05) is 16.9 Å². The van der Waals surface area contributed by atoms with Gasteiger partial charge in [0.2, 0.25) is 0 Å². The van der Waals surface area contributed by atoms with Crippen LogP contribution in [-0.4, -0.2) is 9.78 Å². The van der Waals surface area contributed by atoms with Gasteiger partial charge in [-0.3, -0.25) is 4.68 Å². The molecule has 1 heterocycles. The minimum atomic E-state index is 0.830. The van der Waals surface area contributed by atoms with Gasteiger partial charge in [-0.05, 0) is 30.9 Å². The van der Waals surface area contributed by atoms with E-state index in [9.17, 15) is 0 Å². The molecule has 2 aromatic rings. The first-order chi connectivity index (χ1) is 9.31. The first-order valence-electron chi connectivity index (χ1n) is 6.75. The van der Waals surface area contributed by atoms with Crippen LogP contribution < -0.4 is 0 Å². The third-order valence-electron chi connectivity index (χ3n) is 3.46. The standard InChI is InChI=1S/C17H18N2/c1-14-6-5-9-16(10-14)17-11-18-19(13-17)12-15-7-3-2-4-8-15/h2-4,7-11,13H,5-6,12H2,1H3. The van der Waals surface area contributed by atoms with E-state index >= 15 is 0 Å². The molecule has 0 radical (unpaired) electrons. The molecule has 0 saturated carbocycles.